The van der Waals surface area contributed by atoms with Gasteiger partial charge in [-0.15, -0.1) is 0 Å². The first-order valence-corrected chi connectivity index (χ1v) is 10.3. The minimum atomic E-state index is -2.61. The molecule has 3 aliphatic rings. The number of carbonyl (C=O) groups is 3. The van der Waals surface area contributed by atoms with Crippen LogP contribution in [0.25, 0.3) is 5.76 Å². The summed E-state index contributed by atoms with van der Waals surface area (Å²) in [4.78, 5) is 38.0. The molecule has 1 saturated carbocycles. The number of rotatable bonds is 2. The van der Waals surface area contributed by atoms with Gasteiger partial charge in [-0.3, -0.25) is 14.4 Å². The molecule has 30 heavy (non-hydrogen) atoms. The van der Waals surface area contributed by atoms with E-state index in [1.54, 1.807) is 6.07 Å². The third-order valence-electron chi connectivity index (χ3n) is 6.34. The lowest BCUT2D eigenvalue weighted by Gasteiger charge is -2.48. The first-order chi connectivity index (χ1) is 14.0. The van der Waals surface area contributed by atoms with Crippen LogP contribution in [0.15, 0.2) is 29.0 Å². The van der Waals surface area contributed by atoms with E-state index in [2.05, 4.69) is 27.9 Å². The van der Waals surface area contributed by atoms with Crippen LogP contribution in [0.5, 0.6) is 5.75 Å². The Labute approximate surface area is 184 Å². The van der Waals surface area contributed by atoms with Gasteiger partial charge in [-0.25, -0.2) is 0 Å². The Kier molecular flexibility index (Phi) is 4.71. The molecule has 1 aromatic carbocycles. The molecule has 0 spiro atoms. The molecule has 0 saturated heterocycles. The zero-order valence-corrected chi connectivity index (χ0v) is 17.9. The van der Waals surface area contributed by atoms with Crippen LogP contribution in [0.3, 0.4) is 0 Å². The molecule has 0 aromatic heterocycles. The number of benzene rings is 1. The maximum atomic E-state index is 13.4. The third-order valence-corrected chi connectivity index (χ3v) is 7.35. The van der Waals surface area contributed by atoms with Crippen molar-refractivity contribution >= 4 is 45.8 Å². The SMILES string of the molecule is CN[C@@H]1C(=O)C(C(N)=O)=C(O)[C@@]2(O)C(=O)C3=C(O)c4c(O)ccc(I)c4C[C@H]3C[C@@H]12. The van der Waals surface area contributed by atoms with Crippen molar-refractivity contribution < 1.29 is 34.8 Å². The highest BCUT2D eigenvalue weighted by molar-refractivity contribution is 14.1. The number of hydrogen-bond acceptors (Lipinski definition) is 8. The van der Waals surface area contributed by atoms with Crippen LogP contribution >= 0.6 is 22.6 Å². The van der Waals surface area contributed by atoms with Crippen molar-refractivity contribution in [3.05, 3.63) is 43.7 Å². The van der Waals surface area contributed by atoms with Crippen LogP contribution in [-0.2, 0) is 20.8 Å². The molecule has 1 aromatic rings. The van der Waals surface area contributed by atoms with Crippen molar-refractivity contribution in [2.45, 2.75) is 24.5 Å². The molecular formula is C20H19IN2O7. The van der Waals surface area contributed by atoms with Gasteiger partial charge in [0, 0.05) is 15.1 Å². The normalized spacial score (nSPS) is 30.7. The standard InChI is InChI=1S/C20H19IN2O7/c1-23-14-8-5-6-4-7-9(21)2-3-10(24)12(7)15(25)11(6)17(27)20(8,30)18(28)13(16(14)26)19(22)29/h2-3,6,8,14,23-25,28,30H,4-5H2,1H3,(H2,22,29)/t6-,8-,14-,20-/m0/s1. The average molecular weight is 526 g/mol. The van der Waals surface area contributed by atoms with E-state index in [-0.39, 0.29) is 29.7 Å². The molecule has 1 fully saturated rings. The number of carbonyl (C=O) groups excluding carboxylic acids is 3. The van der Waals surface area contributed by atoms with Crippen molar-refractivity contribution in [1.82, 2.24) is 5.32 Å². The fourth-order valence-electron chi connectivity index (χ4n) is 4.97. The number of aromatic hydroxyl groups is 1. The van der Waals surface area contributed by atoms with E-state index in [0.29, 0.717) is 5.56 Å². The molecule has 7 N–H and O–H groups in total. The second kappa shape index (κ2) is 6.79. The Morgan fingerprint density at radius 2 is 1.93 bits per heavy atom. The van der Waals surface area contributed by atoms with Gasteiger partial charge in [-0.05, 0) is 66.1 Å². The minimum Gasteiger partial charge on any atom is -0.508 e. The van der Waals surface area contributed by atoms with Gasteiger partial charge in [-0.1, -0.05) is 0 Å². The quantitative estimate of drug-likeness (QED) is 0.235. The Balaban J connectivity index is 1.98. The van der Waals surface area contributed by atoms with E-state index < -0.39 is 58.0 Å². The molecule has 4 rings (SSSR count). The summed E-state index contributed by atoms with van der Waals surface area (Å²) in [6, 6.07) is 1.94. The molecular weight excluding hydrogens is 507 g/mol. The topological polar surface area (TPSA) is 170 Å². The van der Waals surface area contributed by atoms with Gasteiger partial charge >= 0.3 is 0 Å². The van der Waals surface area contributed by atoms with Crippen molar-refractivity contribution in [2.75, 3.05) is 7.05 Å². The second-order valence-electron chi connectivity index (χ2n) is 7.74. The first-order valence-electron chi connectivity index (χ1n) is 9.21. The van der Waals surface area contributed by atoms with E-state index in [0.717, 1.165) is 3.57 Å². The number of fused-ring (bicyclic) bond motifs is 3. The van der Waals surface area contributed by atoms with Gasteiger partial charge in [0.15, 0.2) is 11.4 Å². The van der Waals surface area contributed by atoms with E-state index in [9.17, 15) is 34.8 Å². The fourth-order valence-corrected chi connectivity index (χ4v) is 5.64. The smallest absolute Gasteiger partial charge is 0.255 e. The number of nitrogens with one attached hydrogen (secondary N) is 1. The third kappa shape index (κ3) is 2.50. The number of amides is 1. The van der Waals surface area contributed by atoms with Crippen LogP contribution in [0.1, 0.15) is 17.5 Å². The van der Waals surface area contributed by atoms with Gasteiger partial charge in [0.1, 0.15) is 22.8 Å². The molecule has 0 unspecified atom stereocenters. The zero-order valence-electron chi connectivity index (χ0n) is 15.8. The maximum Gasteiger partial charge on any atom is 0.255 e. The monoisotopic (exact) mass is 526 g/mol. The number of nitrogens with two attached hydrogens (primary N) is 1. The summed E-state index contributed by atoms with van der Waals surface area (Å²) in [6.07, 6.45) is 0.359. The highest BCUT2D eigenvalue weighted by Crippen LogP contribution is 2.52. The van der Waals surface area contributed by atoms with Crippen LogP contribution in [0.4, 0.5) is 0 Å². The molecule has 4 atom stereocenters. The van der Waals surface area contributed by atoms with Gasteiger partial charge in [0.2, 0.25) is 5.78 Å². The van der Waals surface area contributed by atoms with Crippen molar-refractivity contribution in [3.63, 3.8) is 0 Å². The number of aliphatic hydroxyl groups excluding tert-OH is 2. The Hall–Kier alpha value is -2.44. The number of phenols is 1. The summed E-state index contributed by atoms with van der Waals surface area (Å²) < 4.78 is 0.780. The number of primary amides is 1. The van der Waals surface area contributed by atoms with Crippen LogP contribution in [0.2, 0.25) is 0 Å². The number of likely N-dealkylation sites (N-methyl/N-ethyl adjacent to an activating group) is 1. The van der Waals surface area contributed by atoms with Gasteiger partial charge in [0.25, 0.3) is 5.91 Å². The van der Waals surface area contributed by atoms with Crippen LogP contribution in [-0.4, -0.2) is 56.6 Å². The summed E-state index contributed by atoms with van der Waals surface area (Å²) in [5, 5.41) is 45.8. The summed E-state index contributed by atoms with van der Waals surface area (Å²) in [6.45, 7) is 0. The predicted molar refractivity (Wildman–Crippen MR) is 112 cm³/mol. The highest BCUT2D eigenvalue weighted by Gasteiger charge is 2.63. The minimum absolute atomic E-state index is 0.0696. The average Bonchev–Trinajstić information content (AvgIpc) is 2.67. The molecule has 3 aliphatic carbocycles. The lowest BCUT2D eigenvalue weighted by atomic mass is 9.57. The highest BCUT2D eigenvalue weighted by atomic mass is 127. The molecule has 0 bridgehead atoms. The molecule has 0 heterocycles. The number of phenolic OH excluding ortho intramolecular Hbond substituents is 1. The summed E-state index contributed by atoms with van der Waals surface area (Å²) in [5.74, 6) is -6.53. The van der Waals surface area contributed by atoms with Gasteiger partial charge in [0.05, 0.1) is 11.6 Å². The van der Waals surface area contributed by atoms with Gasteiger partial charge < -0.3 is 31.5 Å². The zero-order chi connectivity index (χ0) is 22.1. The molecule has 0 aliphatic heterocycles. The van der Waals surface area contributed by atoms with Crippen molar-refractivity contribution in [1.29, 1.82) is 0 Å². The number of aliphatic hydroxyl groups is 3. The number of ketones is 2. The van der Waals surface area contributed by atoms with Crippen molar-refractivity contribution in [2.24, 2.45) is 17.6 Å². The molecule has 10 heteroatoms. The van der Waals surface area contributed by atoms with Crippen molar-refractivity contribution in [3.8, 4) is 5.75 Å². The largest absolute Gasteiger partial charge is 0.508 e. The maximum absolute atomic E-state index is 13.4. The van der Waals surface area contributed by atoms with E-state index in [1.165, 1.54) is 13.1 Å². The number of halogens is 1. The summed E-state index contributed by atoms with van der Waals surface area (Å²) >= 11 is 2.06. The lowest BCUT2D eigenvalue weighted by molar-refractivity contribution is -0.150. The lowest BCUT2D eigenvalue weighted by Crippen LogP contribution is -2.65. The summed E-state index contributed by atoms with van der Waals surface area (Å²) in [5.41, 5.74) is 2.37. The summed E-state index contributed by atoms with van der Waals surface area (Å²) in [7, 11) is 1.44. The Morgan fingerprint density at radius 1 is 1.27 bits per heavy atom. The number of hydrogen-bond donors (Lipinski definition) is 6. The Bertz CT molecular complexity index is 1090. The van der Waals surface area contributed by atoms with E-state index in [1.807, 2.05) is 0 Å². The van der Waals surface area contributed by atoms with E-state index >= 15 is 0 Å². The predicted octanol–water partition coefficient (Wildman–Crippen LogP) is 0.226. The fraction of sp³-hybridized carbons (Fsp3) is 0.350. The molecule has 158 valence electrons. The van der Waals surface area contributed by atoms with Gasteiger partial charge in [-0.2, -0.15) is 0 Å². The first kappa shape index (κ1) is 20.8. The molecule has 1 amide bonds. The molecule has 9 nitrogen and oxygen atoms in total. The van der Waals surface area contributed by atoms with Crippen LogP contribution in [0, 0.1) is 15.4 Å². The number of Topliss-reactive ketones (excluding diaryl/α,β-unsaturated/α-hetero) is 2. The van der Waals surface area contributed by atoms with E-state index in [4.69, 9.17) is 5.73 Å². The Morgan fingerprint density at radius 3 is 2.53 bits per heavy atom. The second-order valence-corrected chi connectivity index (χ2v) is 8.90. The van der Waals surface area contributed by atoms with Crippen LogP contribution < -0.4 is 11.1 Å². The molecule has 0 radical (unpaired) electrons.